The fourth-order valence-corrected chi connectivity index (χ4v) is 2.51. The van der Waals surface area contributed by atoms with Crippen molar-refractivity contribution >= 4 is 24.1 Å². The first-order valence-corrected chi connectivity index (χ1v) is 11.9. The third-order valence-electron chi connectivity index (χ3n) is 4.48. The maximum Gasteiger partial charge on any atom is 0.407 e. The van der Waals surface area contributed by atoms with Crippen LogP contribution in [0.25, 0.3) is 0 Å². The predicted molar refractivity (Wildman–Crippen MR) is 135 cm³/mol. The molecule has 37 heavy (non-hydrogen) atoms. The zero-order valence-electron chi connectivity index (χ0n) is 21.5. The minimum atomic E-state index is -0.583. The zero-order valence-corrected chi connectivity index (χ0v) is 21.5. The standard InChI is InChI=1S/C26H36N2O9/c1-19(2)23(29)34-14-5-12-27-25(31)36-16-11-21-7-9-22(10-8-21)33-17-18-37-26(32)28-13-6-15-35-24(30)20(3)4/h7-10H,1,3,5-6,11-18H2,2,4H3,(H,27,31)(H,28,32). The molecule has 1 aromatic rings. The van der Waals surface area contributed by atoms with Crippen LogP contribution in [0.1, 0.15) is 32.3 Å². The number of nitrogens with one attached hydrogen (secondary N) is 2. The fourth-order valence-electron chi connectivity index (χ4n) is 2.51. The molecule has 2 amide bonds. The molecule has 11 nitrogen and oxygen atoms in total. The topological polar surface area (TPSA) is 138 Å². The molecule has 0 unspecified atom stereocenters. The summed E-state index contributed by atoms with van der Waals surface area (Å²) in [5.41, 5.74) is 1.61. The Morgan fingerprint density at radius 2 is 1.16 bits per heavy atom. The van der Waals surface area contributed by atoms with Crippen LogP contribution in [0.3, 0.4) is 0 Å². The van der Waals surface area contributed by atoms with Crippen LogP contribution in [0.15, 0.2) is 48.6 Å². The van der Waals surface area contributed by atoms with Gasteiger partial charge in [0, 0.05) is 30.7 Å². The highest BCUT2D eigenvalue weighted by atomic mass is 16.6. The van der Waals surface area contributed by atoms with Gasteiger partial charge in [-0.15, -0.1) is 0 Å². The number of alkyl carbamates (subject to hydrolysis) is 2. The molecule has 11 heteroatoms. The Hall–Kier alpha value is -4.02. The third-order valence-corrected chi connectivity index (χ3v) is 4.48. The average Bonchev–Trinajstić information content (AvgIpc) is 2.86. The first-order valence-electron chi connectivity index (χ1n) is 11.9. The number of hydrogen-bond acceptors (Lipinski definition) is 9. The van der Waals surface area contributed by atoms with Gasteiger partial charge in [0.15, 0.2) is 0 Å². The van der Waals surface area contributed by atoms with E-state index in [4.69, 9.17) is 23.7 Å². The smallest absolute Gasteiger partial charge is 0.407 e. The number of carbonyl (C=O) groups excluding carboxylic acids is 4. The molecule has 0 aliphatic rings. The number of rotatable bonds is 17. The van der Waals surface area contributed by atoms with E-state index >= 15 is 0 Å². The highest BCUT2D eigenvalue weighted by molar-refractivity contribution is 5.87. The second kappa shape index (κ2) is 18.3. The van der Waals surface area contributed by atoms with Gasteiger partial charge in [0.2, 0.25) is 0 Å². The van der Waals surface area contributed by atoms with Gasteiger partial charge in [0.1, 0.15) is 19.0 Å². The van der Waals surface area contributed by atoms with Crippen LogP contribution in [0.4, 0.5) is 9.59 Å². The number of hydrogen-bond donors (Lipinski definition) is 2. The molecule has 2 N–H and O–H groups in total. The van der Waals surface area contributed by atoms with E-state index in [0.29, 0.717) is 49.2 Å². The molecule has 0 aliphatic heterocycles. The molecule has 204 valence electrons. The maximum atomic E-state index is 11.7. The summed E-state index contributed by atoms with van der Waals surface area (Å²) in [6.07, 6.45) is 0.336. The van der Waals surface area contributed by atoms with E-state index in [1.807, 2.05) is 12.1 Å². The molecule has 0 aromatic heterocycles. The second-order valence-electron chi connectivity index (χ2n) is 7.91. The Labute approximate surface area is 217 Å². The lowest BCUT2D eigenvalue weighted by Crippen LogP contribution is -2.27. The molecule has 0 bridgehead atoms. The molecule has 0 fully saturated rings. The minimum absolute atomic E-state index is 0.0670. The van der Waals surface area contributed by atoms with Crippen molar-refractivity contribution < 1.29 is 42.9 Å². The number of benzene rings is 1. The Balaban J connectivity index is 2.07. The van der Waals surface area contributed by atoms with Crippen molar-refractivity contribution in [2.24, 2.45) is 0 Å². The number of ether oxygens (including phenoxy) is 5. The van der Waals surface area contributed by atoms with Gasteiger partial charge in [-0.3, -0.25) is 0 Å². The van der Waals surface area contributed by atoms with Crippen LogP contribution in [0.2, 0.25) is 0 Å². The van der Waals surface area contributed by atoms with Crippen LogP contribution in [0.5, 0.6) is 5.75 Å². The van der Waals surface area contributed by atoms with Crippen molar-refractivity contribution in [1.82, 2.24) is 10.6 Å². The predicted octanol–water partition coefficient (Wildman–Crippen LogP) is 3.08. The van der Waals surface area contributed by atoms with Gasteiger partial charge in [0.05, 0.1) is 19.8 Å². The summed E-state index contributed by atoms with van der Waals surface area (Å²) in [5.74, 6) is -0.306. The van der Waals surface area contributed by atoms with Gasteiger partial charge < -0.3 is 34.3 Å². The largest absolute Gasteiger partial charge is 0.490 e. The molecule has 0 saturated carbocycles. The van der Waals surface area contributed by atoms with E-state index in [0.717, 1.165) is 5.56 Å². The van der Waals surface area contributed by atoms with Crippen molar-refractivity contribution in [3.63, 3.8) is 0 Å². The normalized spacial score (nSPS) is 10.0. The van der Waals surface area contributed by atoms with Crippen molar-refractivity contribution in [1.29, 1.82) is 0 Å². The number of amides is 2. The SMILES string of the molecule is C=C(C)C(=O)OCCCNC(=O)OCCOc1ccc(CCOC(=O)NCCCOC(=O)C(=C)C)cc1. The summed E-state index contributed by atoms with van der Waals surface area (Å²) in [5, 5.41) is 5.14. The molecular formula is C26H36N2O9. The Bertz CT molecular complexity index is 913. The Morgan fingerprint density at radius 1 is 0.676 bits per heavy atom. The van der Waals surface area contributed by atoms with Gasteiger partial charge in [0.25, 0.3) is 0 Å². The first-order chi connectivity index (χ1) is 17.7. The summed E-state index contributed by atoms with van der Waals surface area (Å²) < 4.78 is 25.5. The van der Waals surface area contributed by atoms with Crippen LogP contribution < -0.4 is 15.4 Å². The molecule has 0 saturated heterocycles. The van der Waals surface area contributed by atoms with Crippen LogP contribution >= 0.6 is 0 Å². The molecule has 1 rings (SSSR count). The quantitative estimate of drug-likeness (QED) is 0.137. The van der Waals surface area contributed by atoms with Crippen molar-refractivity contribution in [3.05, 3.63) is 54.1 Å². The van der Waals surface area contributed by atoms with E-state index < -0.39 is 24.1 Å². The summed E-state index contributed by atoms with van der Waals surface area (Å²) in [4.78, 5) is 45.7. The van der Waals surface area contributed by atoms with Crippen molar-refractivity contribution in [3.8, 4) is 5.75 Å². The molecule has 1 aromatic carbocycles. The number of esters is 2. The lowest BCUT2D eigenvalue weighted by atomic mass is 10.1. The van der Waals surface area contributed by atoms with E-state index in [1.54, 1.807) is 26.0 Å². The maximum absolute atomic E-state index is 11.7. The summed E-state index contributed by atoms with van der Waals surface area (Å²) in [7, 11) is 0. The van der Waals surface area contributed by atoms with Gasteiger partial charge >= 0.3 is 24.1 Å². The molecular weight excluding hydrogens is 484 g/mol. The molecule has 0 radical (unpaired) electrons. The molecule has 0 spiro atoms. The number of carbonyl (C=O) groups is 4. The minimum Gasteiger partial charge on any atom is -0.490 e. The highest BCUT2D eigenvalue weighted by Crippen LogP contribution is 2.12. The van der Waals surface area contributed by atoms with Gasteiger partial charge in [-0.1, -0.05) is 25.3 Å². The summed E-state index contributed by atoms with van der Waals surface area (Å²) >= 11 is 0. The van der Waals surface area contributed by atoms with E-state index in [9.17, 15) is 19.2 Å². The van der Waals surface area contributed by atoms with Crippen molar-refractivity contribution in [2.45, 2.75) is 33.1 Å². The zero-order chi connectivity index (χ0) is 27.5. The molecule has 0 aliphatic carbocycles. The second-order valence-corrected chi connectivity index (χ2v) is 7.91. The monoisotopic (exact) mass is 520 g/mol. The lowest BCUT2D eigenvalue weighted by Gasteiger charge is -2.10. The van der Waals surface area contributed by atoms with Crippen molar-refractivity contribution in [2.75, 3.05) is 46.1 Å². The van der Waals surface area contributed by atoms with E-state index in [-0.39, 0.29) is 33.0 Å². The summed E-state index contributed by atoms with van der Waals surface area (Å²) in [6.45, 7) is 11.6. The van der Waals surface area contributed by atoms with Crippen LogP contribution in [-0.4, -0.2) is 70.2 Å². The van der Waals surface area contributed by atoms with E-state index in [2.05, 4.69) is 23.8 Å². The first kappa shape index (κ1) is 31.0. The fraction of sp³-hybridized carbons (Fsp3) is 0.462. The average molecular weight is 521 g/mol. The summed E-state index contributed by atoms with van der Waals surface area (Å²) in [6, 6.07) is 7.24. The van der Waals surface area contributed by atoms with Crippen LogP contribution in [0, 0.1) is 0 Å². The third kappa shape index (κ3) is 15.6. The van der Waals surface area contributed by atoms with E-state index in [1.165, 1.54) is 0 Å². The Kier molecular flexibility index (Phi) is 15.3. The van der Waals surface area contributed by atoms with Gasteiger partial charge in [-0.2, -0.15) is 0 Å². The molecule has 0 atom stereocenters. The van der Waals surface area contributed by atoms with Crippen LogP contribution in [-0.2, 0) is 35.0 Å². The lowest BCUT2D eigenvalue weighted by molar-refractivity contribution is -0.139. The Morgan fingerprint density at radius 3 is 1.65 bits per heavy atom. The van der Waals surface area contributed by atoms with Gasteiger partial charge in [-0.25, -0.2) is 19.2 Å². The van der Waals surface area contributed by atoms with Gasteiger partial charge in [-0.05, 0) is 44.4 Å². The molecule has 0 heterocycles. The highest BCUT2D eigenvalue weighted by Gasteiger charge is 2.06.